The molecule has 0 bridgehead atoms. The van der Waals surface area contributed by atoms with Gasteiger partial charge in [-0.15, -0.1) is 0 Å². The molecule has 124 valence electrons. The molecule has 1 heterocycles. The number of ether oxygens (including phenoxy) is 1. The first kappa shape index (κ1) is 17.0. The van der Waals surface area contributed by atoms with Crippen LogP contribution < -0.4 is 10.1 Å². The van der Waals surface area contributed by atoms with E-state index < -0.39 is 0 Å². The van der Waals surface area contributed by atoms with E-state index in [-0.39, 0.29) is 36.7 Å². The highest BCUT2D eigenvalue weighted by Gasteiger charge is 2.14. The zero-order valence-electron chi connectivity index (χ0n) is 12.9. The van der Waals surface area contributed by atoms with E-state index in [9.17, 15) is 9.18 Å². The summed E-state index contributed by atoms with van der Waals surface area (Å²) in [6.07, 6.45) is 1.33. The lowest BCUT2D eigenvalue weighted by Crippen LogP contribution is -2.32. The SMILES string of the molecule is CC(CCCO)NC(=O)c1ccc(COc2ccc(F)cc2)o1. The molecule has 1 aromatic carbocycles. The lowest BCUT2D eigenvalue weighted by molar-refractivity contribution is 0.0904. The zero-order chi connectivity index (χ0) is 16.7. The minimum absolute atomic E-state index is 0.0429. The average Bonchev–Trinajstić information content (AvgIpc) is 3.01. The van der Waals surface area contributed by atoms with Crippen molar-refractivity contribution in [2.75, 3.05) is 6.61 Å². The Labute approximate surface area is 134 Å². The minimum Gasteiger partial charge on any atom is -0.486 e. The van der Waals surface area contributed by atoms with Crippen LogP contribution >= 0.6 is 0 Å². The van der Waals surface area contributed by atoms with Crippen molar-refractivity contribution in [3.8, 4) is 5.75 Å². The molecule has 1 unspecified atom stereocenters. The van der Waals surface area contributed by atoms with E-state index in [0.29, 0.717) is 24.4 Å². The van der Waals surface area contributed by atoms with E-state index in [1.54, 1.807) is 12.1 Å². The lowest BCUT2D eigenvalue weighted by atomic mass is 10.2. The van der Waals surface area contributed by atoms with Gasteiger partial charge < -0.3 is 19.6 Å². The van der Waals surface area contributed by atoms with Gasteiger partial charge in [0.1, 0.15) is 23.9 Å². The molecule has 0 radical (unpaired) electrons. The third kappa shape index (κ3) is 5.41. The van der Waals surface area contributed by atoms with Crippen molar-refractivity contribution in [2.45, 2.75) is 32.4 Å². The van der Waals surface area contributed by atoms with E-state index in [1.807, 2.05) is 6.92 Å². The molecule has 1 atom stereocenters. The summed E-state index contributed by atoms with van der Waals surface area (Å²) in [5.74, 6) is 0.598. The molecule has 0 aliphatic heterocycles. The third-order valence-electron chi connectivity index (χ3n) is 3.25. The maximum atomic E-state index is 12.8. The number of rotatable bonds is 8. The third-order valence-corrected chi connectivity index (χ3v) is 3.25. The molecule has 0 aliphatic rings. The van der Waals surface area contributed by atoms with E-state index in [1.165, 1.54) is 24.3 Å². The van der Waals surface area contributed by atoms with E-state index in [2.05, 4.69) is 5.32 Å². The van der Waals surface area contributed by atoms with Crippen molar-refractivity contribution in [2.24, 2.45) is 0 Å². The molecule has 2 rings (SSSR count). The maximum Gasteiger partial charge on any atom is 0.287 e. The fourth-order valence-corrected chi connectivity index (χ4v) is 2.03. The zero-order valence-corrected chi connectivity index (χ0v) is 12.9. The summed E-state index contributed by atoms with van der Waals surface area (Å²) in [6, 6.07) is 8.87. The van der Waals surface area contributed by atoms with Crippen LogP contribution in [0.3, 0.4) is 0 Å². The van der Waals surface area contributed by atoms with Gasteiger partial charge in [0, 0.05) is 12.6 Å². The summed E-state index contributed by atoms with van der Waals surface area (Å²) in [7, 11) is 0. The molecule has 2 N–H and O–H groups in total. The molecule has 6 heteroatoms. The van der Waals surface area contributed by atoms with Crippen LogP contribution in [0.1, 0.15) is 36.1 Å². The second kappa shape index (κ2) is 8.33. The topological polar surface area (TPSA) is 71.7 Å². The summed E-state index contributed by atoms with van der Waals surface area (Å²) in [5.41, 5.74) is 0. The second-order valence-corrected chi connectivity index (χ2v) is 5.25. The maximum absolute atomic E-state index is 12.8. The molecular weight excluding hydrogens is 301 g/mol. The van der Waals surface area contributed by atoms with Crippen LogP contribution in [-0.2, 0) is 6.61 Å². The Bertz CT molecular complexity index is 624. The van der Waals surface area contributed by atoms with Crippen LogP contribution in [0.25, 0.3) is 0 Å². The molecule has 23 heavy (non-hydrogen) atoms. The minimum atomic E-state index is -0.329. The molecule has 5 nitrogen and oxygen atoms in total. The Morgan fingerprint density at radius 3 is 2.74 bits per heavy atom. The summed E-state index contributed by atoms with van der Waals surface area (Å²) in [4.78, 5) is 12.0. The van der Waals surface area contributed by atoms with Gasteiger partial charge in [0.15, 0.2) is 5.76 Å². The first-order valence-electron chi connectivity index (χ1n) is 7.47. The number of benzene rings is 1. The monoisotopic (exact) mass is 321 g/mol. The van der Waals surface area contributed by atoms with Crippen LogP contribution in [0.15, 0.2) is 40.8 Å². The summed E-state index contributed by atoms with van der Waals surface area (Å²) < 4.78 is 23.7. The van der Waals surface area contributed by atoms with Gasteiger partial charge in [0.05, 0.1) is 0 Å². The fourth-order valence-electron chi connectivity index (χ4n) is 2.03. The Morgan fingerprint density at radius 1 is 1.30 bits per heavy atom. The van der Waals surface area contributed by atoms with Crippen molar-refractivity contribution in [1.82, 2.24) is 5.32 Å². The Balaban J connectivity index is 1.84. The summed E-state index contributed by atoms with van der Waals surface area (Å²) >= 11 is 0. The van der Waals surface area contributed by atoms with E-state index in [0.717, 1.165) is 0 Å². The average molecular weight is 321 g/mol. The van der Waals surface area contributed by atoms with Crippen LogP contribution in [-0.4, -0.2) is 23.7 Å². The predicted octanol–water partition coefficient (Wildman–Crippen LogP) is 2.89. The first-order valence-corrected chi connectivity index (χ1v) is 7.47. The quantitative estimate of drug-likeness (QED) is 0.784. The molecule has 0 aliphatic carbocycles. The summed E-state index contributed by atoms with van der Waals surface area (Å²) in [6.45, 7) is 2.12. The smallest absolute Gasteiger partial charge is 0.287 e. The molecule has 2 aromatic rings. The Morgan fingerprint density at radius 2 is 2.04 bits per heavy atom. The van der Waals surface area contributed by atoms with Crippen molar-refractivity contribution in [1.29, 1.82) is 0 Å². The molecular formula is C17H20FNO4. The molecule has 0 saturated heterocycles. The fraction of sp³-hybridized carbons (Fsp3) is 0.353. The number of nitrogens with one attached hydrogen (secondary N) is 1. The lowest BCUT2D eigenvalue weighted by Gasteiger charge is -2.11. The van der Waals surface area contributed by atoms with Crippen molar-refractivity contribution < 1.29 is 23.4 Å². The van der Waals surface area contributed by atoms with Crippen LogP contribution in [0.5, 0.6) is 5.75 Å². The van der Waals surface area contributed by atoms with Crippen LogP contribution in [0, 0.1) is 5.82 Å². The predicted molar refractivity (Wildman–Crippen MR) is 82.7 cm³/mol. The number of furan rings is 1. The molecule has 0 spiro atoms. The van der Waals surface area contributed by atoms with Gasteiger partial charge >= 0.3 is 0 Å². The highest BCUT2D eigenvalue weighted by Crippen LogP contribution is 2.15. The largest absolute Gasteiger partial charge is 0.486 e. The van der Waals surface area contributed by atoms with Gasteiger partial charge in [-0.25, -0.2) is 4.39 Å². The normalized spacial score (nSPS) is 12.0. The Hall–Kier alpha value is -2.34. The van der Waals surface area contributed by atoms with Gasteiger partial charge in [0.2, 0.25) is 0 Å². The molecule has 1 amide bonds. The number of carbonyl (C=O) groups is 1. The van der Waals surface area contributed by atoms with Gasteiger partial charge in [-0.05, 0) is 56.2 Å². The van der Waals surface area contributed by atoms with Crippen LogP contribution in [0.2, 0.25) is 0 Å². The van der Waals surface area contributed by atoms with Gasteiger partial charge in [-0.2, -0.15) is 0 Å². The standard InChI is InChI=1S/C17H20FNO4/c1-12(3-2-10-20)19-17(21)16-9-8-15(23-16)11-22-14-6-4-13(18)5-7-14/h4-9,12,20H,2-3,10-11H2,1H3,(H,19,21). The number of hydrogen-bond donors (Lipinski definition) is 2. The van der Waals surface area contributed by atoms with Crippen molar-refractivity contribution in [3.63, 3.8) is 0 Å². The number of aliphatic hydroxyl groups excluding tert-OH is 1. The number of amides is 1. The number of carbonyl (C=O) groups excluding carboxylic acids is 1. The van der Waals surface area contributed by atoms with Gasteiger partial charge in [0.25, 0.3) is 5.91 Å². The van der Waals surface area contributed by atoms with Gasteiger partial charge in [-0.3, -0.25) is 4.79 Å². The number of aliphatic hydroxyl groups is 1. The van der Waals surface area contributed by atoms with Gasteiger partial charge in [-0.1, -0.05) is 0 Å². The summed E-state index contributed by atoms with van der Waals surface area (Å²) in [5, 5.41) is 11.6. The number of hydrogen-bond acceptors (Lipinski definition) is 4. The van der Waals surface area contributed by atoms with E-state index in [4.69, 9.17) is 14.3 Å². The Kier molecular flexibility index (Phi) is 6.17. The number of halogens is 1. The first-order chi connectivity index (χ1) is 11.1. The molecule has 1 aromatic heterocycles. The highest BCUT2D eigenvalue weighted by atomic mass is 19.1. The highest BCUT2D eigenvalue weighted by molar-refractivity contribution is 5.91. The van der Waals surface area contributed by atoms with Crippen molar-refractivity contribution >= 4 is 5.91 Å². The second-order valence-electron chi connectivity index (χ2n) is 5.25. The molecule has 0 fully saturated rings. The van der Waals surface area contributed by atoms with Crippen molar-refractivity contribution in [3.05, 3.63) is 53.7 Å². The van der Waals surface area contributed by atoms with E-state index >= 15 is 0 Å². The molecule has 0 saturated carbocycles. The van der Waals surface area contributed by atoms with Crippen LogP contribution in [0.4, 0.5) is 4.39 Å².